The van der Waals surface area contributed by atoms with Crippen LogP contribution in [0.15, 0.2) is 43.0 Å². The summed E-state index contributed by atoms with van der Waals surface area (Å²) in [6.07, 6.45) is 10.5. The van der Waals surface area contributed by atoms with Crippen LogP contribution in [0.2, 0.25) is 0 Å². The number of aromatic nitrogens is 4. The van der Waals surface area contributed by atoms with Gasteiger partial charge in [-0.05, 0) is 37.5 Å². The van der Waals surface area contributed by atoms with E-state index in [9.17, 15) is 4.79 Å². The molecule has 2 aliphatic rings. The van der Waals surface area contributed by atoms with Crippen molar-refractivity contribution in [2.24, 2.45) is 0 Å². The van der Waals surface area contributed by atoms with E-state index in [1.807, 2.05) is 35.5 Å². The minimum atomic E-state index is -0.105. The Morgan fingerprint density at radius 3 is 2.93 bits per heavy atom. The summed E-state index contributed by atoms with van der Waals surface area (Å²) in [4.78, 5) is 19.5. The number of rotatable bonds is 4. The molecular formula is C20H24N6O2. The molecular weight excluding hydrogens is 356 g/mol. The average Bonchev–Trinajstić information content (AvgIpc) is 3.48. The van der Waals surface area contributed by atoms with Gasteiger partial charge < -0.3 is 19.4 Å². The maximum Gasteiger partial charge on any atom is 0.272 e. The Morgan fingerprint density at radius 1 is 1.14 bits per heavy atom. The molecule has 0 radical (unpaired) electrons. The zero-order chi connectivity index (χ0) is 18.9. The van der Waals surface area contributed by atoms with Crippen LogP contribution in [0.25, 0.3) is 5.52 Å². The van der Waals surface area contributed by atoms with Crippen molar-refractivity contribution in [2.45, 2.75) is 31.3 Å². The molecule has 8 nitrogen and oxygen atoms in total. The molecule has 8 heteroatoms. The average molecular weight is 380 g/mol. The Balaban J connectivity index is 1.23. The van der Waals surface area contributed by atoms with E-state index in [0.717, 1.165) is 56.9 Å². The third-order valence-corrected chi connectivity index (χ3v) is 5.66. The smallest absolute Gasteiger partial charge is 0.272 e. The molecule has 0 aromatic carbocycles. The highest BCUT2D eigenvalue weighted by molar-refractivity contribution is 5.92. The number of carbonyl (C=O) groups excluding carboxylic acids is 1. The molecule has 1 N–H and O–H groups in total. The van der Waals surface area contributed by atoms with Crippen molar-refractivity contribution < 1.29 is 9.53 Å². The van der Waals surface area contributed by atoms with Crippen LogP contribution < -0.4 is 10.2 Å². The highest BCUT2D eigenvalue weighted by Gasteiger charge is 2.27. The second-order valence-electron chi connectivity index (χ2n) is 7.48. The molecule has 3 aromatic rings. The minimum Gasteiger partial charge on any atom is -0.381 e. The summed E-state index contributed by atoms with van der Waals surface area (Å²) in [5.41, 5.74) is 1.57. The Labute approximate surface area is 163 Å². The Hall–Kier alpha value is -2.87. The van der Waals surface area contributed by atoms with Crippen molar-refractivity contribution in [3.63, 3.8) is 0 Å². The van der Waals surface area contributed by atoms with Gasteiger partial charge in [-0.25, -0.2) is 4.98 Å². The lowest BCUT2D eigenvalue weighted by Gasteiger charge is -2.22. The lowest BCUT2D eigenvalue weighted by Crippen LogP contribution is -2.37. The fraction of sp³-hybridized carbons (Fsp3) is 0.450. The first kappa shape index (κ1) is 17.2. The molecule has 2 aliphatic heterocycles. The van der Waals surface area contributed by atoms with E-state index >= 15 is 0 Å². The second-order valence-corrected chi connectivity index (χ2v) is 7.48. The third-order valence-electron chi connectivity index (χ3n) is 5.66. The van der Waals surface area contributed by atoms with E-state index in [0.29, 0.717) is 11.7 Å². The van der Waals surface area contributed by atoms with Crippen LogP contribution in [-0.4, -0.2) is 57.4 Å². The van der Waals surface area contributed by atoms with E-state index < -0.39 is 0 Å². The van der Waals surface area contributed by atoms with Crippen LogP contribution in [0.1, 0.15) is 35.8 Å². The van der Waals surface area contributed by atoms with Crippen molar-refractivity contribution >= 4 is 17.2 Å². The number of ether oxygens (including phenoxy) is 1. The van der Waals surface area contributed by atoms with E-state index in [1.54, 1.807) is 6.07 Å². The van der Waals surface area contributed by atoms with Crippen LogP contribution in [0, 0.1) is 0 Å². The molecule has 5 heterocycles. The molecule has 28 heavy (non-hydrogen) atoms. The molecule has 0 bridgehead atoms. The Kier molecular flexibility index (Phi) is 4.48. The lowest BCUT2D eigenvalue weighted by molar-refractivity contribution is 0.0660. The Bertz CT molecular complexity index is 974. The number of nitrogens with one attached hydrogen (secondary N) is 1. The Morgan fingerprint density at radius 2 is 2.04 bits per heavy atom. The highest BCUT2D eigenvalue weighted by atomic mass is 16.5. The maximum atomic E-state index is 12.7. The second kappa shape index (κ2) is 7.27. The maximum absolute atomic E-state index is 12.7. The van der Waals surface area contributed by atoms with Crippen LogP contribution >= 0.6 is 0 Å². The summed E-state index contributed by atoms with van der Waals surface area (Å²) in [7, 11) is 0. The predicted octanol–water partition coefficient (Wildman–Crippen LogP) is 1.89. The zero-order valence-corrected chi connectivity index (χ0v) is 15.7. The van der Waals surface area contributed by atoms with E-state index in [-0.39, 0.29) is 11.9 Å². The number of carbonyl (C=O) groups is 1. The summed E-state index contributed by atoms with van der Waals surface area (Å²) < 4.78 is 9.38. The van der Waals surface area contributed by atoms with E-state index in [4.69, 9.17) is 4.74 Å². The molecule has 2 saturated heterocycles. The third kappa shape index (κ3) is 3.24. The quantitative estimate of drug-likeness (QED) is 0.748. The largest absolute Gasteiger partial charge is 0.381 e. The molecule has 146 valence electrons. The van der Waals surface area contributed by atoms with E-state index in [1.165, 1.54) is 0 Å². The lowest BCUT2D eigenvalue weighted by atomic mass is 10.1. The van der Waals surface area contributed by atoms with Gasteiger partial charge in [-0.2, -0.15) is 5.10 Å². The van der Waals surface area contributed by atoms with Gasteiger partial charge in [0.2, 0.25) is 0 Å². The van der Waals surface area contributed by atoms with Gasteiger partial charge in [-0.1, -0.05) is 0 Å². The van der Waals surface area contributed by atoms with Crippen molar-refractivity contribution in [2.75, 3.05) is 31.2 Å². The molecule has 5 rings (SSSR count). The SMILES string of the molecule is O=C(NC1CCN(c2nccn3cccc23)C1)c1ccn(C2CCOCC2)n1. The number of hydrogen-bond acceptors (Lipinski definition) is 5. The number of nitrogens with zero attached hydrogens (tertiary/aromatic N) is 5. The highest BCUT2D eigenvalue weighted by Crippen LogP contribution is 2.24. The number of fused-ring (bicyclic) bond motifs is 1. The summed E-state index contributed by atoms with van der Waals surface area (Å²) in [5, 5.41) is 7.64. The standard InChI is InChI=1S/C20H24N6O2/c27-20(17-4-10-26(23-17)16-5-12-28-13-6-16)22-15-3-9-25(14-15)19-18-2-1-8-24(18)11-7-21-19/h1-2,4,7-8,10-11,15-16H,3,5-6,9,12-14H2,(H,22,27). The van der Waals surface area contributed by atoms with Gasteiger partial charge in [0.25, 0.3) is 5.91 Å². The predicted molar refractivity (Wildman–Crippen MR) is 105 cm³/mol. The van der Waals surface area contributed by atoms with Gasteiger partial charge in [-0.3, -0.25) is 9.48 Å². The molecule has 0 spiro atoms. The van der Waals surface area contributed by atoms with Gasteiger partial charge in [0.1, 0.15) is 5.69 Å². The molecule has 0 aliphatic carbocycles. The number of amides is 1. The first-order valence-corrected chi connectivity index (χ1v) is 9.88. The van der Waals surface area contributed by atoms with Crippen LogP contribution in [-0.2, 0) is 4.74 Å². The summed E-state index contributed by atoms with van der Waals surface area (Å²) >= 11 is 0. The van der Waals surface area contributed by atoms with Gasteiger partial charge in [0.15, 0.2) is 5.82 Å². The van der Waals surface area contributed by atoms with Crippen LogP contribution in [0.4, 0.5) is 5.82 Å². The van der Waals surface area contributed by atoms with Crippen LogP contribution in [0.3, 0.4) is 0 Å². The minimum absolute atomic E-state index is 0.0951. The van der Waals surface area contributed by atoms with Gasteiger partial charge in [-0.15, -0.1) is 0 Å². The fourth-order valence-electron chi connectivity index (χ4n) is 4.14. The normalized spacial score (nSPS) is 20.7. The van der Waals surface area contributed by atoms with Crippen LogP contribution in [0.5, 0.6) is 0 Å². The summed E-state index contributed by atoms with van der Waals surface area (Å²) in [5.74, 6) is 0.861. The van der Waals surface area contributed by atoms with Crippen molar-refractivity contribution in [3.05, 3.63) is 48.7 Å². The van der Waals surface area contributed by atoms with Gasteiger partial charge in [0, 0.05) is 57.1 Å². The zero-order valence-electron chi connectivity index (χ0n) is 15.7. The molecule has 1 unspecified atom stereocenters. The molecule has 2 fully saturated rings. The molecule has 1 amide bonds. The molecule has 0 saturated carbocycles. The first-order valence-electron chi connectivity index (χ1n) is 9.88. The first-order chi connectivity index (χ1) is 13.8. The van der Waals surface area contributed by atoms with Crippen molar-refractivity contribution in [1.82, 2.24) is 24.5 Å². The van der Waals surface area contributed by atoms with Gasteiger partial charge >= 0.3 is 0 Å². The summed E-state index contributed by atoms with van der Waals surface area (Å²) in [6.45, 7) is 3.14. The monoisotopic (exact) mass is 380 g/mol. The number of anilines is 1. The topological polar surface area (TPSA) is 76.7 Å². The molecule has 3 aromatic heterocycles. The van der Waals surface area contributed by atoms with Crippen molar-refractivity contribution in [1.29, 1.82) is 0 Å². The van der Waals surface area contributed by atoms with Gasteiger partial charge in [0.05, 0.1) is 11.6 Å². The van der Waals surface area contributed by atoms with Crippen molar-refractivity contribution in [3.8, 4) is 0 Å². The molecule has 1 atom stereocenters. The van der Waals surface area contributed by atoms with E-state index in [2.05, 4.69) is 30.8 Å². The fourth-order valence-corrected chi connectivity index (χ4v) is 4.14. The number of hydrogen-bond donors (Lipinski definition) is 1. The summed E-state index contributed by atoms with van der Waals surface area (Å²) in [6, 6.07) is 6.31.